The molecule has 24 heavy (non-hydrogen) atoms. The maximum atomic E-state index is 12.0. The molecule has 1 saturated carbocycles. The SMILES string of the molecule is O=C(Cc1ccc(NC(=O)C2CC2)cc1)NCC(O)c1ccsc1. The van der Waals surface area contributed by atoms with Crippen LogP contribution in [0.15, 0.2) is 41.1 Å². The first-order chi connectivity index (χ1) is 11.6. The fourth-order valence-electron chi connectivity index (χ4n) is 2.34. The normalized spacial score (nSPS) is 14.9. The van der Waals surface area contributed by atoms with Gasteiger partial charge in [0.15, 0.2) is 0 Å². The van der Waals surface area contributed by atoms with Crippen LogP contribution in [0.1, 0.15) is 30.1 Å². The highest BCUT2D eigenvalue weighted by molar-refractivity contribution is 7.07. The maximum absolute atomic E-state index is 12.0. The van der Waals surface area contributed by atoms with Crippen LogP contribution in [0, 0.1) is 5.92 Å². The van der Waals surface area contributed by atoms with Gasteiger partial charge in [-0.15, -0.1) is 0 Å². The van der Waals surface area contributed by atoms with Crippen molar-refractivity contribution in [3.8, 4) is 0 Å². The van der Waals surface area contributed by atoms with Crippen molar-refractivity contribution in [1.82, 2.24) is 5.32 Å². The number of benzene rings is 1. The molecule has 1 unspecified atom stereocenters. The van der Waals surface area contributed by atoms with Crippen molar-refractivity contribution in [2.75, 3.05) is 11.9 Å². The highest BCUT2D eigenvalue weighted by Crippen LogP contribution is 2.30. The molecule has 0 bridgehead atoms. The van der Waals surface area contributed by atoms with E-state index in [0.717, 1.165) is 29.7 Å². The van der Waals surface area contributed by atoms with Gasteiger partial charge in [-0.1, -0.05) is 12.1 Å². The first-order valence-corrected chi connectivity index (χ1v) is 8.93. The predicted octanol–water partition coefficient (Wildman–Crippen LogP) is 2.49. The van der Waals surface area contributed by atoms with Crippen molar-refractivity contribution in [2.45, 2.75) is 25.4 Å². The minimum absolute atomic E-state index is 0.0721. The molecule has 0 radical (unpaired) electrons. The minimum atomic E-state index is -0.680. The lowest BCUT2D eigenvalue weighted by atomic mass is 10.1. The van der Waals surface area contributed by atoms with Gasteiger partial charge in [-0.25, -0.2) is 0 Å². The fourth-order valence-corrected chi connectivity index (χ4v) is 3.04. The van der Waals surface area contributed by atoms with Gasteiger partial charge in [0.25, 0.3) is 0 Å². The van der Waals surface area contributed by atoms with Gasteiger partial charge in [0.1, 0.15) is 0 Å². The third kappa shape index (κ3) is 4.66. The van der Waals surface area contributed by atoms with Crippen LogP contribution in [0.2, 0.25) is 0 Å². The summed E-state index contributed by atoms with van der Waals surface area (Å²) in [5.41, 5.74) is 2.43. The van der Waals surface area contributed by atoms with Gasteiger partial charge in [-0.3, -0.25) is 9.59 Å². The highest BCUT2D eigenvalue weighted by Gasteiger charge is 2.29. The zero-order valence-corrected chi connectivity index (χ0v) is 14.0. The topological polar surface area (TPSA) is 78.4 Å². The van der Waals surface area contributed by atoms with E-state index in [1.165, 1.54) is 11.3 Å². The molecule has 1 aromatic heterocycles. The molecule has 3 rings (SSSR count). The summed E-state index contributed by atoms with van der Waals surface area (Å²) < 4.78 is 0. The van der Waals surface area contributed by atoms with Gasteiger partial charge >= 0.3 is 0 Å². The molecule has 3 N–H and O–H groups in total. The third-order valence-electron chi connectivity index (χ3n) is 3.95. The summed E-state index contributed by atoms with van der Waals surface area (Å²) in [5, 5.41) is 19.3. The van der Waals surface area contributed by atoms with E-state index in [1.54, 1.807) is 0 Å². The quantitative estimate of drug-likeness (QED) is 0.722. The third-order valence-corrected chi connectivity index (χ3v) is 4.66. The second-order valence-corrected chi connectivity index (χ2v) is 6.79. The molecular formula is C18H20N2O3S. The van der Waals surface area contributed by atoms with Crippen LogP contribution >= 0.6 is 11.3 Å². The lowest BCUT2D eigenvalue weighted by molar-refractivity contribution is -0.121. The summed E-state index contributed by atoms with van der Waals surface area (Å²) in [6.07, 6.45) is 1.51. The van der Waals surface area contributed by atoms with Gasteiger partial charge in [0.2, 0.25) is 11.8 Å². The monoisotopic (exact) mass is 344 g/mol. The number of aliphatic hydroxyl groups is 1. The second kappa shape index (κ2) is 7.59. The Morgan fingerprint density at radius 3 is 2.58 bits per heavy atom. The summed E-state index contributed by atoms with van der Waals surface area (Å²) in [5.74, 6) is 0.104. The Balaban J connectivity index is 1.44. The Morgan fingerprint density at radius 2 is 1.96 bits per heavy atom. The van der Waals surface area contributed by atoms with E-state index in [1.807, 2.05) is 41.1 Å². The van der Waals surface area contributed by atoms with Gasteiger partial charge in [0.05, 0.1) is 12.5 Å². The Kier molecular flexibility index (Phi) is 5.27. The van der Waals surface area contributed by atoms with Gasteiger partial charge in [-0.05, 0) is 52.9 Å². The summed E-state index contributed by atoms with van der Waals surface area (Å²) in [4.78, 5) is 23.6. The van der Waals surface area contributed by atoms with Crippen molar-refractivity contribution in [3.05, 3.63) is 52.2 Å². The fraction of sp³-hybridized carbons (Fsp3) is 0.333. The zero-order chi connectivity index (χ0) is 16.9. The van der Waals surface area contributed by atoms with Crippen LogP contribution in [0.4, 0.5) is 5.69 Å². The van der Waals surface area contributed by atoms with Crippen molar-refractivity contribution in [1.29, 1.82) is 0 Å². The molecule has 6 heteroatoms. The number of aliphatic hydroxyl groups excluding tert-OH is 1. The number of carbonyl (C=O) groups excluding carboxylic acids is 2. The highest BCUT2D eigenvalue weighted by atomic mass is 32.1. The molecule has 1 aliphatic carbocycles. The van der Waals surface area contributed by atoms with E-state index in [4.69, 9.17) is 0 Å². The van der Waals surface area contributed by atoms with E-state index in [9.17, 15) is 14.7 Å². The Bertz CT molecular complexity index is 694. The van der Waals surface area contributed by atoms with Crippen LogP contribution in [-0.2, 0) is 16.0 Å². The molecule has 2 amide bonds. The van der Waals surface area contributed by atoms with E-state index >= 15 is 0 Å². The van der Waals surface area contributed by atoms with Crippen LogP contribution in [0.3, 0.4) is 0 Å². The molecule has 0 spiro atoms. The minimum Gasteiger partial charge on any atom is -0.387 e. The zero-order valence-electron chi connectivity index (χ0n) is 13.2. The van der Waals surface area contributed by atoms with Crippen molar-refractivity contribution in [3.63, 3.8) is 0 Å². The number of hydrogen-bond acceptors (Lipinski definition) is 4. The Morgan fingerprint density at radius 1 is 1.21 bits per heavy atom. The van der Waals surface area contributed by atoms with Crippen molar-refractivity contribution < 1.29 is 14.7 Å². The number of carbonyl (C=O) groups is 2. The number of amides is 2. The lowest BCUT2D eigenvalue weighted by Crippen LogP contribution is -2.29. The molecule has 126 valence electrons. The smallest absolute Gasteiger partial charge is 0.227 e. The molecule has 0 aliphatic heterocycles. The maximum Gasteiger partial charge on any atom is 0.227 e. The first-order valence-electron chi connectivity index (χ1n) is 7.98. The number of hydrogen-bond donors (Lipinski definition) is 3. The number of nitrogens with one attached hydrogen (secondary N) is 2. The van der Waals surface area contributed by atoms with Crippen LogP contribution in [0.5, 0.6) is 0 Å². The van der Waals surface area contributed by atoms with Crippen molar-refractivity contribution >= 4 is 28.8 Å². The molecule has 2 aromatic rings. The Hall–Kier alpha value is -2.18. The molecule has 1 aliphatic rings. The van der Waals surface area contributed by atoms with Crippen LogP contribution < -0.4 is 10.6 Å². The van der Waals surface area contributed by atoms with Gasteiger partial charge in [0, 0.05) is 18.2 Å². The predicted molar refractivity (Wildman–Crippen MR) is 93.8 cm³/mol. The summed E-state index contributed by atoms with van der Waals surface area (Å²) in [6.45, 7) is 0.200. The largest absolute Gasteiger partial charge is 0.387 e. The molecule has 0 saturated heterocycles. The molecule has 1 heterocycles. The van der Waals surface area contributed by atoms with E-state index < -0.39 is 6.10 Å². The van der Waals surface area contributed by atoms with Crippen molar-refractivity contribution in [2.24, 2.45) is 5.92 Å². The lowest BCUT2D eigenvalue weighted by Gasteiger charge is -2.11. The molecular weight excluding hydrogens is 324 g/mol. The van der Waals surface area contributed by atoms with Crippen LogP contribution in [-0.4, -0.2) is 23.5 Å². The molecule has 1 fully saturated rings. The summed E-state index contributed by atoms with van der Waals surface area (Å²) in [6, 6.07) is 9.12. The number of rotatable bonds is 7. The number of anilines is 1. The van der Waals surface area contributed by atoms with E-state index in [0.29, 0.717) is 0 Å². The standard InChI is InChI=1S/C18H20N2O3S/c21-16(14-7-8-24-11-14)10-19-17(22)9-12-1-5-15(6-2-12)20-18(23)13-3-4-13/h1-2,5-8,11,13,16,21H,3-4,9-10H2,(H,19,22)(H,20,23). The van der Waals surface area contributed by atoms with Gasteiger partial charge in [-0.2, -0.15) is 11.3 Å². The second-order valence-electron chi connectivity index (χ2n) is 6.01. The average molecular weight is 344 g/mol. The van der Waals surface area contributed by atoms with E-state index in [2.05, 4.69) is 10.6 Å². The molecule has 1 aromatic carbocycles. The Labute approximate surface area is 144 Å². The first kappa shape index (κ1) is 16.7. The van der Waals surface area contributed by atoms with Crippen LogP contribution in [0.25, 0.3) is 0 Å². The number of thiophene rings is 1. The summed E-state index contributed by atoms with van der Waals surface area (Å²) in [7, 11) is 0. The van der Waals surface area contributed by atoms with E-state index in [-0.39, 0.29) is 30.7 Å². The average Bonchev–Trinajstić information content (AvgIpc) is 3.29. The summed E-state index contributed by atoms with van der Waals surface area (Å²) >= 11 is 1.51. The van der Waals surface area contributed by atoms with Gasteiger partial charge < -0.3 is 15.7 Å². The molecule has 1 atom stereocenters. The molecule has 5 nitrogen and oxygen atoms in total.